The number of rotatable bonds is 5. The van der Waals surface area contributed by atoms with Crippen LogP contribution in [0.2, 0.25) is 0 Å². The molecule has 2 atom stereocenters. The van der Waals surface area contributed by atoms with Crippen LogP contribution in [0.4, 0.5) is 0 Å². The predicted octanol–water partition coefficient (Wildman–Crippen LogP) is 1.13. The van der Waals surface area contributed by atoms with Crippen LogP contribution in [0.5, 0.6) is 17.2 Å². The summed E-state index contributed by atoms with van der Waals surface area (Å²) in [7, 11) is 4.72. The highest BCUT2D eigenvalue weighted by Crippen LogP contribution is 2.42. The summed E-state index contributed by atoms with van der Waals surface area (Å²) in [6.45, 7) is 1.62. The first-order chi connectivity index (χ1) is 9.72. The van der Waals surface area contributed by atoms with E-state index in [0.29, 0.717) is 37.1 Å². The van der Waals surface area contributed by atoms with E-state index in [4.69, 9.17) is 29.4 Å². The summed E-state index contributed by atoms with van der Waals surface area (Å²) in [5, 5.41) is 0. The highest BCUT2D eigenvalue weighted by molar-refractivity contribution is 5.56. The zero-order chi connectivity index (χ0) is 14.5. The van der Waals surface area contributed by atoms with Gasteiger partial charge in [-0.2, -0.15) is 0 Å². The van der Waals surface area contributed by atoms with Gasteiger partial charge in [-0.25, -0.2) is 0 Å². The number of ether oxygens (including phenoxy) is 5. The van der Waals surface area contributed by atoms with Crippen LogP contribution in [0.25, 0.3) is 0 Å². The maximum Gasteiger partial charge on any atom is 0.203 e. The molecule has 0 aromatic heterocycles. The number of nitrogens with two attached hydrogens (primary N) is 1. The lowest BCUT2D eigenvalue weighted by Crippen LogP contribution is -2.38. The van der Waals surface area contributed by atoms with E-state index in [1.165, 1.54) is 0 Å². The molecule has 1 saturated heterocycles. The van der Waals surface area contributed by atoms with Gasteiger partial charge in [0.2, 0.25) is 5.75 Å². The molecule has 20 heavy (non-hydrogen) atoms. The Morgan fingerprint density at radius 1 is 1.10 bits per heavy atom. The van der Waals surface area contributed by atoms with Crippen molar-refractivity contribution in [2.45, 2.75) is 12.1 Å². The third-order valence-electron chi connectivity index (χ3n) is 3.34. The molecule has 0 aliphatic carbocycles. The Morgan fingerprint density at radius 2 is 1.85 bits per heavy atom. The minimum atomic E-state index is -0.356. The number of benzene rings is 1. The first-order valence-electron chi connectivity index (χ1n) is 6.46. The standard InChI is InChI=1S/C14H21NO5/c1-16-10-5-4-9(13(17-2)14(10)18-3)12(15)11-8-19-6-7-20-11/h4-5,11-12H,6-8,15H2,1-3H3. The third-order valence-corrected chi connectivity index (χ3v) is 3.34. The van der Waals surface area contributed by atoms with Gasteiger partial charge in [0, 0.05) is 5.56 Å². The minimum absolute atomic E-state index is 0.198. The second kappa shape index (κ2) is 6.78. The van der Waals surface area contributed by atoms with Gasteiger partial charge in [0.15, 0.2) is 11.5 Å². The molecule has 2 N–H and O–H groups in total. The van der Waals surface area contributed by atoms with Gasteiger partial charge < -0.3 is 29.4 Å². The van der Waals surface area contributed by atoms with Crippen molar-refractivity contribution in [3.8, 4) is 17.2 Å². The molecule has 1 aliphatic rings. The molecule has 112 valence electrons. The Labute approximate surface area is 118 Å². The summed E-state index contributed by atoms with van der Waals surface area (Å²) in [6.07, 6.45) is -0.198. The molecule has 0 radical (unpaired) electrons. The van der Waals surface area contributed by atoms with Crippen molar-refractivity contribution >= 4 is 0 Å². The fourth-order valence-electron chi connectivity index (χ4n) is 2.30. The highest BCUT2D eigenvalue weighted by atomic mass is 16.6. The number of methoxy groups -OCH3 is 3. The smallest absolute Gasteiger partial charge is 0.203 e. The van der Waals surface area contributed by atoms with Crippen LogP contribution < -0.4 is 19.9 Å². The molecule has 1 heterocycles. The average molecular weight is 283 g/mol. The van der Waals surface area contributed by atoms with Crippen molar-refractivity contribution in [3.63, 3.8) is 0 Å². The Kier molecular flexibility index (Phi) is 5.05. The first kappa shape index (κ1) is 14.9. The Hall–Kier alpha value is -1.50. The molecule has 1 aliphatic heterocycles. The van der Waals surface area contributed by atoms with E-state index in [2.05, 4.69) is 0 Å². The molecular formula is C14H21NO5. The summed E-state index contributed by atoms with van der Waals surface area (Å²) < 4.78 is 27.1. The second-order valence-corrected chi connectivity index (χ2v) is 4.43. The fraction of sp³-hybridized carbons (Fsp3) is 0.571. The van der Waals surface area contributed by atoms with Gasteiger partial charge in [0.1, 0.15) is 6.10 Å². The average Bonchev–Trinajstić information content (AvgIpc) is 2.53. The molecule has 2 unspecified atom stereocenters. The Balaban J connectivity index is 2.34. The van der Waals surface area contributed by atoms with Gasteiger partial charge in [-0.1, -0.05) is 0 Å². The number of hydrogen-bond acceptors (Lipinski definition) is 6. The molecule has 1 aromatic carbocycles. The summed E-state index contributed by atoms with van der Waals surface area (Å²) >= 11 is 0. The van der Waals surface area contributed by atoms with Gasteiger partial charge in [0.05, 0.1) is 47.2 Å². The van der Waals surface area contributed by atoms with Crippen molar-refractivity contribution in [3.05, 3.63) is 17.7 Å². The van der Waals surface area contributed by atoms with Crippen molar-refractivity contribution in [2.24, 2.45) is 5.73 Å². The minimum Gasteiger partial charge on any atom is -0.493 e. The van der Waals surface area contributed by atoms with Crippen molar-refractivity contribution in [2.75, 3.05) is 41.2 Å². The number of hydrogen-bond donors (Lipinski definition) is 1. The SMILES string of the molecule is COc1ccc(C(N)C2COCCO2)c(OC)c1OC. The summed E-state index contributed by atoms with van der Waals surface area (Å²) in [4.78, 5) is 0. The van der Waals surface area contributed by atoms with Gasteiger partial charge >= 0.3 is 0 Å². The van der Waals surface area contributed by atoms with E-state index >= 15 is 0 Å². The predicted molar refractivity (Wildman–Crippen MR) is 73.6 cm³/mol. The van der Waals surface area contributed by atoms with E-state index in [1.54, 1.807) is 27.4 Å². The van der Waals surface area contributed by atoms with E-state index < -0.39 is 0 Å². The molecule has 1 fully saturated rings. The largest absolute Gasteiger partial charge is 0.493 e. The monoisotopic (exact) mass is 283 g/mol. The van der Waals surface area contributed by atoms with Crippen molar-refractivity contribution in [1.29, 1.82) is 0 Å². The molecule has 2 rings (SSSR count). The quantitative estimate of drug-likeness (QED) is 0.873. The lowest BCUT2D eigenvalue weighted by molar-refractivity contribution is -0.0977. The lowest BCUT2D eigenvalue weighted by atomic mass is 10.00. The van der Waals surface area contributed by atoms with Crippen LogP contribution in [-0.4, -0.2) is 47.3 Å². The molecule has 0 bridgehead atoms. The maximum absolute atomic E-state index is 6.28. The molecule has 0 spiro atoms. The van der Waals surface area contributed by atoms with E-state index in [-0.39, 0.29) is 12.1 Å². The zero-order valence-electron chi connectivity index (χ0n) is 12.0. The van der Waals surface area contributed by atoms with Crippen molar-refractivity contribution < 1.29 is 23.7 Å². The van der Waals surface area contributed by atoms with Crippen LogP contribution >= 0.6 is 0 Å². The second-order valence-electron chi connectivity index (χ2n) is 4.43. The van der Waals surface area contributed by atoms with Gasteiger partial charge in [-0.05, 0) is 12.1 Å². The van der Waals surface area contributed by atoms with Gasteiger partial charge in [-0.15, -0.1) is 0 Å². The molecule has 6 nitrogen and oxygen atoms in total. The third kappa shape index (κ3) is 2.82. The van der Waals surface area contributed by atoms with Crippen LogP contribution in [0.3, 0.4) is 0 Å². The molecule has 0 amide bonds. The topological polar surface area (TPSA) is 72.2 Å². The van der Waals surface area contributed by atoms with Crippen molar-refractivity contribution in [1.82, 2.24) is 0 Å². The maximum atomic E-state index is 6.28. The van der Waals surface area contributed by atoms with E-state index in [1.807, 2.05) is 6.07 Å². The molecule has 0 saturated carbocycles. The van der Waals surface area contributed by atoms with Crippen LogP contribution in [-0.2, 0) is 9.47 Å². The highest BCUT2D eigenvalue weighted by Gasteiger charge is 2.28. The lowest BCUT2D eigenvalue weighted by Gasteiger charge is -2.29. The normalized spacial score (nSPS) is 20.3. The molecule has 6 heteroatoms. The van der Waals surface area contributed by atoms with Crippen LogP contribution in [0.15, 0.2) is 12.1 Å². The fourth-order valence-corrected chi connectivity index (χ4v) is 2.30. The van der Waals surface area contributed by atoms with Crippen LogP contribution in [0.1, 0.15) is 11.6 Å². The van der Waals surface area contributed by atoms with E-state index in [0.717, 1.165) is 5.56 Å². The summed E-state index contributed by atoms with van der Waals surface area (Å²) in [6, 6.07) is 3.31. The molecular weight excluding hydrogens is 262 g/mol. The van der Waals surface area contributed by atoms with Crippen LogP contribution in [0, 0.1) is 0 Å². The van der Waals surface area contributed by atoms with Gasteiger partial charge in [0.25, 0.3) is 0 Å². The Bertz CT molecular complexity index is 445. The summed E-state index contributed by atoms with van der Waals surface area (Å²) in [5.41, 5.74) is 7.09. The molecule has 1 aromatic rings. The van der Waals surface area contributed by atoms with Gasteiger partial charge in [-0.3, -0.25) is 0 Å². The Morgan fingerprint density at radius 3 is 2.40 bits per heavy atom. The first-order valence-corrected chi connectivity index (χ1v) is 6.46. The van der Waals surface area contributed by atoms with E-state index in [9.17, 15) is 0 Å². The summed E-state index contributed by atoms with van der Waals surface area (Å²) in [5.74, 6) is 1.69. The zero-order valence-corrected chi connectivity index (χ0v) is 12.0.